The summed E-state index contributed by atoms with van der Waals surface area (Å²) in [6.45, 7) is 7.18. The van der Waals surface area contributed by atoms with Gasteiger partial charge in [0.15, 0.2) is 5.82 Å². The second-order valence-electron chi connectivity index (χ2n) is 8.63. The molecule has 0 N–H and O–H groups in total. The molecule has 0 bridgehead atoms. The number of nitrogens with zero attached hydrogens (tertiary/aromatic N) is 4. The Labute approximate surface area is 188 Å². The molecule has 1 aliphatic rings. The Morgan fingerprint density at radius 3 is 2.53 bits per heavy atom. The van der Waals surface area contributed by atoms with E-state index >= 15 is 0 Å². The minimum atomic E-state index is -0.0615. The summed E-state index contributed by atoms with van der Waals surface area (Å²) in [5.74, 6) is 1.66. The van der Waals surface area contributed by atoms with Gasteiger partial charge in [0.25, 0.3) is 5.56 Å². The number of hydrogen-bond donors (Lipinski definition) is 0. The van der Waals surface area contributed by atoms with E-state index in [1.165, 1.54) is 0 Å². The van der Waals surface area contributed by atoms with Crippen molar-refractivity contribution in [3.8, 4) is 5.75 Å². The molecule has 7 heteroatoms. The highest BCUT2D eigenvalue weighted by molar-refractivity contribution is 5.79. The monoisotopic (exact) mass is 434 g/mol. The van der Waals surface area contributed by atoms with Gasteiger partial charge in [-0.05, 0) is 35.7 Å². The number of rotatable bonds is 6. The van der Waals surface area contributed by atoms with Crippen LogP contribution in [0.1, 0.15) is 19.4 Å². The molecule has 1 aromatic heterocycles. The molecule has 3 aromatic rings. The van der Waals surface area contributed by atoms with E-state index in [0.29, 0.717) is 50.9 Å². The van der Waals surface area contributed by atoms with E-state index in [9.17, 15) is 9.59 Å². The molecule has 0 unspecified atom stereocenters. The second-order valence-corrected chi connectivity index (χ2v) is 8.63. The maximum Gasteiger partial charge on any atom is 0.294 e. The summed E-state index contributed by atoms with van der Waals surface area (Å²) < 4.78 is 7.09. The van der Waals surface area contributed by atoms with Gasteiger partial charge in [0.05, 0.1) is 24.6 Å². The van der Waals surface area contributed by atoms with Crippen LogP contribution < -0.4 is 15.2 Å². The van der Waals surface area contributed by atoms with Gasteiger partial charge in [-0.15, -0.1) is 0 Å². The first-order chi connectivity index (χ1) is 15.5. The molecule has 2 aromatic carbocycles. The summed E-state index contributed by atoms with van der Waals surface area (Å²) in [7, 11) is 1.62. The number of carbonyl (C=O) groups is 1. The van der Waals surface area contributed by atoms with Crippen LogP contribution in [0.3, 0.4) is 0 Å². The molecule has 0 atom stereocenters. The molecule has 32 heavy (non-hydrogen) atoms. The van der Waals surface area contributed by atoms with E-state index in [1.807, 2.05) is 62.9 Å². The SMILES string of the molecule is COc1cccc(CC(=O)N2CCN(c3nc4ccccc4n(CC(C)C)c3=O)CC2)c1. The van der Waals surface area contributed by atoms with Crippen LogP contribution in [0.25, 0.3) is 11.0 Å². The summed E-state index contributed by atoms with van der Waals surface area (Å²) in [4.78, 5) is 34.7. The quantitative estimate of drug-likeness (QED) is 0.597. The van der Waals surface area contributed by atoms with Gasteiger partial charge in [-0.25, -0.2) is 4.98 Å². The van der Waals surface area contributed by atoms with Crippen LogP contribution in [0.5, 0.6) is 5.75 Å². The molecule has 1 amide bonds. The van der Waals surface area contributed by atoms with Gasteiger partial charge in [-0.3, -0.25) is 9.59 Å². The van der Waals surface area contributed by atoms with Crippen molar-refractivity contribution in [3.63, 3.8) is 0 Å². The molecule has 7 nitrogen and oxygen atoms in total. The van der Waals surface area contributed by atoms with E-state index in [2.05, 4.69) is 13.8 Å². The van der Waals surface area contributed by atoms with Crippen LogP contribution in [0, 0.1) is 5.92 Å². The molecule has 0 saturated carbocycles. The summed E-state index contributed by atoms with van der Waals surface area (Å²) in [6.07, 6.45) is 0.340. The van der Waals surface area contributed by atoms with E-state index in [-0.39, 0.29) is 11.5 Å². The highest BCUT2D eigenvalue weighted by Gasteiger charge is 2.25. The van der Waals surface area contributed by atoms with Crippen LogP contribution >= 0.6 is 0 Å². The van der Waals surface area contributed by atoms with Gasteiger partial charge >= 0.3 is 0 Å². The van der Waals surface area contributed by atoms with Gasteiger partial charge in [-0.1, -0.05) is 38.1 Å². The van der Waals surface area contributed by atoms with Gasteiger partial charge in [-0.2, -0.15) is 0 Å². The van der Waals surface area contributed by atoms with Crippen molar-refractivity contribution in [2.75, 3.05) is 38.2 Å². The number of piperazine rings is 1. The van der Waals surface area contributed by atoms with Gasteiger partial charge in [0, 0.05) is 32.7 Å². The Morgan fingerprint density at radius 2 is 1.81 bits per heavy atom. The zero-order valence-electron chi connectivity index (χ0n) is 19.0. The van der Waals surface area contributed by atoms with Crippen molar-refractivity contribution in [2.45, 2.75) is 26.8 Å². The van der Waals surface area contributed by atoms with Crippen molar-refractivity contribution in [2.24, 2.45) is 5.92 Å². The maximum atomic E-state index is 13.3. The number of fused-ring (bicyclic) bond motifs is 1. The first-order valence-corrected chi connectivity index (χ1v) is 11.1. The van der Waals surface area contributed by atoms with Crippen molar-refractivity contribution >= 4 is 22.8 Å². The van der Waals surface area contributed by atoms with Crippen LogP contribution in [-0.2, 0) is 17.8 Å². The van der Waals surface area contributed by atoms with Crippen LogP contribution in [0.2, 0.25) is 0 Å². The number of aromatic nitrogens is 2. The molecule has 1 fully saturated rings. The third-order valence-electron chi connectivity index (χ3n) is 5.80. The predicted molar refractivity (Wildman–Crippen MR) is 126 cm³/mol. The summed E-state index contributed by atoms with van der Waals surface area (Å²) in [6, 6.07) is 15.4. The zero-order valence-corrected chi connectivity index (χ0v) is 19.0. The van der Waals surface area contributed by atoms with Crippen molar-refractivity contribution in [3.05, 3.63) is 64.4 Å². The fourth-order valence-corrected chi connectivity index (χ4v) is 4.17. The lowest BCUT2D eigenvalue weighted by Gasteiger charge is -2.35. The van der Waals surface area contributed by atoms with Crippen molar-refractivity contribution in [1.29, 1.82) is 0 Å². The number of para-hydroxylation sites is 2. The molecule has 1 saturated heterocycles. The topological polar surface area (TPSA) is 67.7 Å². The van der Waals surface area contributed by atoms with Gasteiger partial charge in [0.2, 0.25) is 5.91 Å². The van der Waals surface area contributed by atoms with Crippen LogP contribution in [-0.4, -0.2) is 53.6 Å². The summed E-state index contributed by atoms with van der Waals surface area (Å²) in [5.41, 5.74) is 2.56. The fourth-order valence-electron chi connectivity index (χ4n) is 4.17. The first kappa shape index (κ1) is 21.9. The number of hydrogen-bond acceptors (Lipinski definition) is 5. The normalized spacial score (nSPS) is 14.2. The second kappa shape index (κ2) is 9.42. The highest BCUT2D eigenvalue weighted by Crippen LogP contribution is 2.18. The van der Waals surface area contributed by atoms with E-state index in [0.717, 1.165) is 22.3 Å². The average molecular weight is 435 g/mol. The molecule has 0 radical (unpaired) electrons. The lowest BCUT2D eigenvalue weighted by atomic mass is 10.1. The number of benzene rings is 2. The molecule has 4 rings (SSSR count). The maximum absolute atomic E-state index is 13.3. The minimum absolute atomic E-state index is 0.0615. The molecular weight excluding hydrogens is 404 g/mol. The number of anilines is 1. The lowest BCUT2D eigenvalue weighted by Crippen LogP contribution is -2.51. The van der Waals surface area contributed by atoms with Gasteiger partial charge < -0.3 is 19.1 Å². The molecule has 0 aliphatic carbocycles. The Bertz CT molecular complexity index is 1160. The zero-order chi connectivity index (χ0) is 22.7. The molecule has 1 aliphatic heterocycles. The minimum Gasteiger partial charge on any atom is -0.497 e. The van der Waals surface area contributed by atoms with Crippen molar-refractivity contribution in [1.82, 2.24) is 14.5 Å². The molecule has 2 heterocycles. The summed E-state index contributed by atoms with van der Waals surface area (Å²) in [5, 5.41) is 0. The first-order valence-electron chi connectivity index (χ1n) is 11.1. The molecule has 0 spiro atoms. The standard InChI is InChI=1S/C25H30N4O3/c1-18(2)17-29-22-10-5-4-9-21(22)26-24(25(29)31)28-13-11-27(12-14-28)23(30)16-19-7-6-8-20(15-19)32-3/h4-10,15,18H,11-14,16-17H2,1-3H3. The third-order valence-corrected chi connectivity index (χ3v) is 5.80. The molecule has 168 valence electrons. The van der Waals surface area contributed by atoms with E-state index < -0.39 is 0 Å². The van der Waals surface area contributed by atoms with Crippen molar-refractivity contribution < 1.29 is 9.53 Å². The van der Waals surface area contributed by atoms with E-state index in [4.69, 9.17) is 9.72 Å². The number of ether oxygens (including phenoxy) is 1. The number of methoxy groups -OCH3 is 1. The Morgan fingerprint density at radius 1 is 1.06 bits per heavy atom. The number of carbonyl (C=O) groups excluding carboxylic acids is 1. The third kappa shape index (κ3) is 4.61. The highest BCUT2D eigenvalue weighted by atomic mass is 16.5. The average Bonchev–Trinajstić information content (AvgIpc) is 2.80. The summed E-state index contributed by atoms with van der Waals surface area (Å²) >= 11 is 0. The fraction of sp³-hybridized carbons (Fsp3) is 0.400. The Hall–Kier alpha value is -3.35. The van der Waals surface area contributed by atoms with Crippen LogP contribution in [0.4, 0.5) is 5.82 Å². The lowest BCUT2D eigenvalue weighted by molar-refractivity contribution is -0.130. The van der Waals surface area contributed by atoms with Gasteiger partial charge in [0.1, 0.15) is 5.75 Å². The van der Waals surface area contributed by atoms with E-state index in [1.54, 1.807) is 7.11 Å². The largest absolute Gasteiger partial charge is 0.497 e. The Balaban J connectivity index is 1.50. The smallest absolute Gasteiger partial charge is 0.294 e. The predicted octanol–water partition coefficient (Wildman–Crippen LogP) is 2.95. The molecular formula is C25H30N4O3. The Kier molecular flexibility index (Phi) is 6.44. The number of amides is 1. The van der Waals surface area contributed by atoms with Crippen LogP contribution in [0.15, 0.2) is 53.3 Å².